The quantitative estimate of drug-likeness (QED) is 0.613. The first kappa shape index (κ1) is 20.6. The summed E-state index contributed by atoms with van der Waals surface area (Å²) in [5.74, 6) is 1.28. The number of anilines is 1. The Morgan fingerprint density at radius 3 is 2.39 bits per heavy atom. The van der Waals surface area contributed by atoms with Gasteiger partial charge < -0.3 is 14.5 Å². The van der Waals surface area contributed by atoms with Crippen molar-refractivity contribution < 1.29 is 9.53 Å². The number of benzene rings is 2. The first-order valence-electron chi connectivity index (χ1n) is 9.88. The van der Waals surface area contributed by atoms with Crippen LogP contribution in [0.5, 0.6) is 5.75 Å². The van der Waals surface area contributed by atoms with Crippen LogP contribution in [-0.2, 0) is 4.79 Å². The number of amides is 1. The number of nitriles is 1. The van der Waals surface area contributed by atoms with E-state index in [2.05, 4.69) is 21.2 Å². The van der Waals surface area contributed by atoms with Gasteiger partial charge in [0.2, 0.25) is 0 Å². The number of halogens is 1. The molecule has 0 saturated carbocycles. The van der Waals surface area contributed by atoms with Crippen LogP contribution in [0.25, 0.3) is 11.3 Å². The molecule has 31 heavy (non-hydrogen) atoms. The lowest BCUT2D eigenvalue weighted by Gasteiger charge is -2.35. The van der Waals surface area contributed by atoms with Crippen LogP contribution >= 0.6 is 11.6 Å². The monoisotopic (exact) mass is 433 g/mol. The van der Waals surface area contributed by atoms with Gasteiger partial charge in [-0.15, -0.1) is 10.2 Å². The average molecular weight is 434 g/mol. The molecule has 0 bridgehead atoms. The van der Waals surface area contributed by atoms with Crippen LogP contribution in [-0.4, -0.2) is 53.8 Å². The fourth-order valence-corrected chi connectivity index (χ4v) is 3.59. The summed E-state index contributed by atoms with van der Waals surface area (Å²) >= 11 is 6.23. The van der Waals surface area contributed by atoms with Crippen LogP contribution in [0.2, 0.25) is 5.02 Å². The van der Waals surface area contributed by atoms with Gasteiger partial charge in [-0.25, -0.2) is 0 Å². The maximum absolute atomic E-state index is 12.5. The van der Waals surface area contributed by atoms with Gasteiger partial charge in [-0.05, 0) is 42.5 Å². The Morgan fingerprint density at radius 1 is 1.00 bits per heavy atom. The molecular formula is C23H20ClN5O2. The van der Waals surface area contributed by atoms with E-state index >= 15 is 0 Å². The molecular weight excluding hydrogens is 414 g/mol. The Labute approximate surface area is 185 Å². The topological polar surface area (TPSA) is 82.4 Å². The van der Waals surface area contributed by atoms with E-state index in [1.807, 2.05) is 36.4 Å². The minimum absolute atomic E-state index is 0.0295. The second kappa shape index (κ2) is 9.45. The van der Waals surface area contributed by atoms with E-state index in [4.69, 9.17) is 21.6 Å². The van der Waals surface area contributed by atoms with Gasteiger partial charge in [0.05, 0.1) is 22.3 Å². The normalized spacial score (nSPS) is 13.5. The second-order valence-electron chi connectivity index (χ2n) is 7.05. The molecule has 1 aromatic heterocycles. The molecule has 1 saturated heterocycles. The molecule has 1 aliphatic rings. The molecule has 1 aliphatic heterocycles. The van der Waals surface area contributed by atoms with Crippen molar-refractivity contribution in [1.82, 2.24) is 15.1 Å². The summed E-state index contributed by atoms with van der Waals surface area (Å²) in [7, 11) is 0. The lowest BCUT2D eigenvalue weighted by molar-refractivity contribution is -0.133. The van der Waals surface area contributed by atoms with Gasteiger partial charge >= 0.3 is 0 Å². The van der Waals surface area contributed by atoms with E-state index < -0.39 is 0 Å². The third kappa shape index (κ3) is 4.93. The molecule has 0 aliphatic carbocycles. The minimum atomic E-state index is -0.0656. The summed E-state index contributed by atoms with van der Waals surface area (Å²) in [6, 6.07) is 20.1. The summed E-state index contributed by atoms with van der Waals surface area (Å²) in [6.45, 7) is 2.48. The first-order chi connectivity index (χ1) is 15.1. The highest BCUT2D eigenvalue weighted by Gasteiger charge is 2.22. The number of carbonyl (C=O) groups is 1. The second-order valence-corrected chi connectivity index (χ2v) is 7.46. The van der Waals surface area contributed by atoms with E-state index in [1.54, 1.807) is 29.2 Å². The molecule has 8 heteroatoms. The zero-order chi connectivity index (χ0) is 21.6. The summed E-state index contributed by atoms with van der Waals surface area (Å²) in [4.78, 5) is 16.3. The molecule has 2 heterocycles. The summed E-state index contributed by atoms with van der Waals surface area (Å²) in [5, 5.41) is 18.1. The molecule has 3 aromatic rings. The van der Waals surface area contributed by atoms with Crippen molar-refractivity contribution in [1.29, 1.82) is 5.26 Å². The van der Waals surface area contributed by atoms with Crippen LogP contribution in [0.1, 0.15) is 5.56 Å². The number of hydrogen-bond donors (Lipinski definition) is 0. The van der Waals surface area contributed by atoms with Gasteiger partial charge in [-0.2, -0.15) is 5.26 Å². The highest BCUT2D eigenvalue weighted by Crippen LogP contribution is 2.26. The van der Waals surface area contributed by atoms with Gasteiger partial charge in [0.15, 0.2) is 12.4 Å². The first-order valence-corrected chi connectivity index (χ1v) is 10.3. The number of aromatic nitrogens is 2. The molecule has 1 fully saturated rings. The van der Waals surface area contributed by atoms with Gasteiger partial charge in [-0.3, -0.25) is 4.79 Å². The van der Waals surface area contributed by atoms with Crippen LogP contribution in [0.15, 0.2) is 60.7 Å². The van der Waals surface area contributed by atoms with Gasteiger partial charge in [0, 0.05) is 31.7 Å². The molecule has 0 spiro atoms. The van der Waals surface area contributed by atoms with Crippen molar-refractivity contribution in [3.63, 3.8) is 0 Å². The maximum Gasteiger partial charge on any atom is 0.260 e. The fourth-order valence-electron chi connectivity index (χ4n) is 3.35. The van der Waals surface area contributed by atoms with Gasteiger partial charge in [0.1, 0.15) is 5.75 Å². The molecule has 2 aromatic carbocycles. The number of nitrogens with zero attached hydrogens (tertiary/aromatic N) is 5. The smallest absolute Gasteiger partial charge is 0.260 e. The lowest BCUT2D eigenvalue weighted by atomic mass is 10.1. The average Bonchev–Trinajstić information content (AvgIpc) is 2.83. The zero-order valence-electron chi connectivity index (χ0n) is 16.7. The zero-order valence-corrected chi connectivity index (χ0v) is 17.5. The number of piperazine rings is 1. The molecule has 1 amide bonds. The molecule has 0 atom stereocenters. The Hall–Kier alpha value is -3.63. The van der Waals surface area contributed by atoms with Crippen LogP contribution in [0.4, 0.5) is 5.82 Å². The molecule has 156 valence electrons. The van der Waals surface area contributed by atoms with Crippen LogP contribution < -0.4 is 9.64 Å². The summed E-state index contributed by atoms with van der Waals surface area (Å²) in [5.41, 5.74) is 2.13. The predicted octanol–water partition coefficient (Wildman–Crippen LogP) is 3.40. The third-order valence-corrected chi connectivity index (χ3v) is 5.43. The van der Waals surface area contributed by atoms with Crippen LogP contribution in [0.3, 0.4) is 0 Å². The van der Waals surface area contributed by atoms with Crippen molar-refractivity contribution in [2.45, 2.75) is 0 Å². The molecule has 4 rings (SSSR count). The maximum atomic E-state index is 12.5. The molecule has 0 radical (unpaired) electrons. The van der Waals surface area contributed by atoms with E-state index in [9.17, 15) is 4.79 Å². The number of hydrogen-bond acceptors (Lipinski definition) is 6. The highest BCUT2D eigenvalue weighted by molar-refractivity contribution is 6.33. The van der Waals surface area contributed by atoms with Crippen molar-refractivity contribution in [3.8, 4) is 23.1 Å². The summed E-state index contributed by atoms with van der Waals surface area (Å²) < 4.78 is 5.55. The summed E-state index contributed by atoms with van der Waals surface area (Å²) in [6.07, 6.45) is 0. The van der Waals surface area contributed by atoms with E-state index in [-0.39, 0.29) is 12.5 Å². The van der Waals surface area contributed by atoms with Crippen molar-refractivity contribution in [3.05, 3.63) is 71.2 Å². The van der Waals surface area contributed by atoms with E-state index in [0.717, 1.165) is 17.1 Å². The Morgan fingerprint density at radius 2 is 1.74 bits per heavy atom. The minimum Gasteiger partial charge on any atom is -0.484 e. The Bertz CT molecular complexity index is 1090. The highest BCUT2D eigenvalue weighted by atomic mass is 35.5. The van der Waals surface area contributed by atoms with E-state index in [0.29, 0.717) is 42.5 Å². The standard InChI is InChI=1S/C23H20ClN5O2/c24-20-4-2-1-3-19(20)21-9-10-22(27-26-21)28-11-13-29(14-12-28)23(30)16-31-18-7-5-17(15-25)6-8-18/h1-10H,11-14,16H2. The third-order valence-electron chi connectivity index (χ3n) is 5.10. The number of rotatable bonds is 5. The SMILES string of the molecule is N#Cc1ccc(OCC(=O)N2CCN(c3ccc(-c4ccccc4Cl)nn3)CC2)cc1. The Kier molecular flexibility index (Phi) is 6.29. The number of carbonyl (C=O) groups excluding carboxylic acids is 1. The molecule has 7 nitrogen and oxygen atoms in total. The molecule has 0 N–H and O–H groups in total. The predicted molar refractivity (Wildman–Crippen MR) is 118 cm³/mol. The van der Waals surface area contributed by atoms with Crippen molar-refractivity contribution in [2.24, 2.45) is 0 Å². The fraction of sp³-hybridized carbons (Fsp3) is 0.217. The van der Waals surface area contributed by atoms with Crippen molar-refractivity contribution >= 4 is 23.3 Å². The molecule has 0 unspecified atom stereocenters. The Balaban J connectivity index is 1.29. The lowest BCUT2D eigenvalue weighted by Crippen LogP contribution is -2.50. The van der Waals surface area contributed by atoms with Crippen molar-refractivity contribution in [2.75, 3.05) is 37.7 Å². The largest absolute Gasteiger partial charge is 0.484 e. The van der Waals surface area contributed by atoms with Gasteiger partial charge in [0.25, 0.3) is 5.91 Å². The van der Waals surface area contributed by atoms with Crippen LogP contribution in [0, 0.1) is 11.3 Å². The van der Waals surface area contributed by atoms with E-state index in [1.165, 1.54) is 0 Å². The van der Waals surface area contributed by atoms with Gasteiger partial charge in [-0.1, -0.05) is 29.8 Å². The number of ether oxygens (including phenoxy) is 1.